The van der Waals surface area contributed by atoms with Crippen LogP contribution in [0.15, 0.2) is 24.3 Å². The van der Waals surface area contributed by atoms with Crippen LogP contribution in [0.2, 0.25) is 0 Å². The van der Waals surface area contributed by atoms with Gasteiger partial charge in [0.05, 0.1) is 6.42 Å². The summed E-state index contributed by atoms with van der Waals surface area (Å²) in [7, 11) is 0. The summed E-state index contributed by atoms with van der Waals surface area (Å²) in [5.41, 5.74) is 1.20. The van der Waals surface area contributed by atoms with Crippen LogP contribution in [-0.2, 0) is 4.79 Å². The average Bonchev–Trinajstić information content (AvgIpc) is 2.76. The number of carbonyl (C=O) groups is 1. The van der Waals surface area contributed by atoms with E-state index in [0.717, 1.165) is 25.0 Å². The van der Waals surface area contributed by atoms with Crippen LogP contribution in [0.4, 0.5) is 0 Å². The minimum Gasteiger partial charge on any atom is -0.490 e. The summed E-state index contributed by atoms with van der Waals surface area (Å²) in [5.74, 6) is 0.755. The lowest BCUT2D eigenvalue weighted by molar-refractivity contribution is -0.138. The van der Waals surface area contributed by atoms with Gasteiger partial charge in [-0.05, 0) is 36.8 Å². The van der Waals surface area contributed by atoms with Crippen molar-refractivity contribution in [3.8, 4) is 5.75 Å². The van der Waals surface area contributed by atoms with E-state index >= 15 is 0 Å². The van der Waals surface area contributed by atoms with E-state index in [4.69, 9.17) is 9.84 Å². The molecule has 2 unspecified atom stereocenters. The van der Waals surface area contributed by atoms with E-state index in [-0.39, 0.29) is 18.4 Å². The van der Waals surface area contributed by atoms with Crippen molar-refractivity contribution in [3.05, 3.63) is 29.8 Å². The van der Waals surface area contributed by atoms with Gasteiger partial charge in [-0.3, -0.25) is 4.79 Å². The lowest BCUT2D eigenvalue weighted by atomic mass is 10.00. The fourth-order valence-corrected chi connectivity index (χ4v) is 2.84. The largest absolute Gasteiger partial charge is 0.490 e. The van der Waals surface area contributed by atoms with Crippen LogP contribution in [0.25, 0.3) is 0 Å². The zero-order valence-electron chi connectivity index (χ0n) is 11.6. The number of hydrogen-bond donors (Lipinski definition) is 1. The summed E-state index contributed by atoms with van der Waals surface area (Å²) in [6.45, 7) is 4.29. The van der Waals surface area contributed by atoms with Gasteiger partial charge in [-0.2, -0.15) is 0 Å². The molecule has 1 aliphatic rings. The maximum absolute atomic E-state index is 10.9. The van der Waals surface area contributed by atoms with Crippen molar-refractivity contribution in [2.45, 2.75) is 51.6 Å². The number of hydrogen-bond acceptors (Lipinski definition) is 2. The smallest absolute Gasteiger partial charge is 0.303 e. The molecule has 3 nitrogen and oxygen atoms in total. The summed E-state index contributed by atoms with van der Waals surface area (Å²) in [5, 5.41) is 8.95. The molecular weight excluding hydrogens is 240 g/mol. The molecule has 0 bridgehead atoms. The second kappa shape index (κ2) is 6.09. The third-order valence-corrected chi connectivity index (χ3v) is 3.85. The number of carboxylic acids is 1. The minimum atomic E-state index is -0.724. The molecule has 0 heterocycles. The number of aliphatic carboxylic acids is 1. The first-order chi connectivity index (χ1) is 9.08. The Morgan fingerprint density at radius 1 is 1.37 bits per heavy atom. The van der Waals surface area contributed by atoms with E-state index < -0.39 is 5.97 Å². The van der Waals surface area contributed by atoms with Crippen LogP contribution in [0, 0.1) is 5.92 Å². The van der Waals surface area contributed by atoms with Crippen molar-refractivity contribution in [2.75, 3.05) is 0 Å². The predicted octanol–water partition coefficient (Wildman–Crippen LogP) is 3.83. The van der Waals surface area contributed by atoms with E-state index in [1.54, 1.807) is 0 Å². The van der Waals surface area contributed by atoms with E-state index in [2.05, 4.69) is 19.9 Å². The Kier molecular flexibility index (Phi) is 4.46. The number of rotatable bonds is 5. The lowest BCUT2D eigenvalue weighted by Gasteiger charge is -2.22. The predicted molar refractivity (Wildman–Crippen MR) is 74.5 cm³/mol. The zero-order valence-corrected chi connectivity index (χ0v) is 11.6. The molecule has 1 N–H and O–H groups in total. The molecule has 0 amide bonds. The van der Waals surface area contributed by atoms with Crippen LogP contribution in [-0.4, -0.2) is 17.2 Å². The first kappa shape index (κ1) is 13.9. The zero-order chi connectivity index (χ0) is 13.8. The molecule has 19 heavy (non-hydrogen) atoms. The molecule has 0 spiro atoms. The van der Waals surface area contributed by atoms with Gasteiger partial charge in [0.2, 0.25) is 0 Å². The van der Waals surface area contributed by atoms with E-state index in [1.807, 2.05) is 18.2 Å². The summed E-state index contributed by atoms with van der Waals surface area (Å²) in [6, 6.07) is 8.07. The highest BCUT2D eigenvalue weighted by atomic mass is 16.5. The molecule has 104 valence electrons. The van der Waals surface area contributed by atoms with Crippen molar-refractivity contribution in [1.82, 2.24) is 0 Å². The molecule has 0 radical (unpaired) electrons. The second-order valence-electron chi connectivity index (χ2n) is 5.64. The Morgan fingerprint density at radius 2 is 2.11 bits per heavy atom. The number of carboxylic acid groups (broad SMARTS) is 1. The fraction of sp³-hybridized carbons (Fsp3) is 0.562. The van der Waals surface area contributed by atoms with Gasteiger partial charge in [-0.25, -0.2) is 0 Å². The SMILES string of the molecule is CC(C)c1ccccc1OC1CCCC1CC(=O)O. The van der Waals surface area contributed by atoms with Gasteiger partial charge in [0, 0.05) is 5.92 Å². The van der Waals surface area contributed by atoms with Crippen molar-refractivity contribution in [1.29, 1.82) is 0 Å². The van der Waals surface area contributed by atoms with Crippen molar-refractivity contribution in [2.24, 2.45) is 5.92 Å². The third-order valence-electron chi connectivity index (χ3n) is 3.85. The maximum Gasteiger partial charge on any atom is 0.303 e. The molecule has 1 fully saturated rings. The van der Waals surface area contributed by atoms with Crippen LogP contribution < -0.4 is 4.74 Å². The summed E-state index contributed by atoms with van der Waals surface area (Å²) >= 11 is 0. The highest BCUT2D eigenvalue weighted by molar-refractivity contribution is 5.67. The van der Waals surface area contributed by atoms with E-state index in [9.17, 15) is 4.79 Å². The molecule has 1 aromatic carbocycles. The van der Waals surface area contributed by atoms with Crippen molar-refractivity contribution >= 4 is 5.97 Å². The van der Waals surface area contributed by atoms with Gasteiger partial charge >= 0.3 is 5.97 Å². The molecule has 0 aromatic heterocycles. The van der Waals surface area contributed by atoms with Gasteiger partial charge in [0.15, 0.2) is 0 Å². The Hall–Kier alpha value is -1.51. The van der Waals surface area contributed by atoms with Gasteiger partial charge in [0.1, 0.15) is 11.9 Å². The Morgan fingerprint density at radius 3 is 2.79 bits per heavy atom. The molecule has 0 saturated heterocycles. The first-order valence-corrected chi connectivity index (χ1v) is 7.05. The van der Waals surface area contributed by atoms with Crippen LogP contribution in [0.1, 0.15) is 51.0 Å². The van der Waals surface area contributed by atoms with Gasteiger partial charge in [-0.15, -0.1) is 0 Å². The number of benzene rings is 1. The summed E-state index contributed by atoms with van der Waals surface area (Å²) in [4.78, 5) is 10.9. The maximum atomic E-state index is 10.9. The Labute approximate surface area is 114 Å². The van der Waals surface area contributed by atoms with Gasteiger partial charge in [-0.1, -0.05) is 32.0 Å². The standard InChI is InChI=1S/C16H22O3/c1-11(2)13-7-3-4-8-15(13)19-14-9-5-6-12(14)10-16(17)18/h3-4,7-8,11-12,14H,5-6,9-10H2,1-2H3,(H,17,18). The van der Waals surface area contributed by atoms with Crippen molar-refractivity contribution < 1.29 is 14.6 Å². The molecule has 1 aromatic rings. The van der Waals surface area contributed by atoms with Gasteiger partial charge in [0.25, 0.3) is 0 Å². The molecule has 2 atom stereocenters. The monoisotopic (exact) mass is 262 g/mol. The molecule has 1 aliphatic carbocycles. The Balaban J connectivity index is 2.10. The quantitative estimate of drug-likeness (QED) is 0.877. The van der Waals surface area contributed by atoms with E-state index in [0.29, 0.717) is 5.92 Å². The molecular formula is C16H22O3. The highest BCUT2D eigenvalue weighted by Crippen LogP contribution is 2.34. The molecule has 0 aliphatic heterocycles. The Bertz CT molecular complexity index is 439. The van der Waals surface area contributed by atoms with Crippen LogP contribution >= 0.6 is 0 Å². The first-order valence-electron chi connectivity index (χ1n) is 7.05. The highest BCUT2D eigenvalue weighted by Gasteiger charge is 2.31. The number of ether oxygens (including phenoxy) is 1. The number of para-hydroxylation sites is 1. The minimum absolute atomic E-state index is 0.0519. The fourth-order valence-electron chi connectivity index (χ4n) is 2.84. The molecule has 2 rings (SSSR count). The molecule has 1 saturated carbocycles. The van der Waals surface area contributed by atoms with E-state index in [1.165, 1.54) is 5.56 Å². The lowest BCUT2D eigenvalue weighted by Crippen LogP contribution is -2.24. The van der Waals surface area contributed by atoms with Crippen LogP contribution in [0.5, 0.6) is 5.75 Å². The van der Waals surface area contributed by atoms with Crippen molar-refractivity contribution in [3.63, 3.8) is 0 Å². The molecule has 3 heteroatoms. The van der Waals surface area contributed by atoms with Crippen LogP contribution in [0.3, 0.4) is 0 Å². The topological polar surface area (TPSA) is 46.5 Å². The summed E-state index contributed by atoms with van der Waals surface area (Å²) in [6.07, 6.45) is 3.25. The summed E-state index contributed by atoms with van der Waals surface area (Å²) < 4.78 is 6.12. The third kappa shape index (κ3) is 3.49. The average molecular weight is 262 g/mol. The normalized spacial score (nSPS) is 22.7. The second-order valence-corrected chi connectivity index (χ2v) is 5.64. The van der Waals surface area contributed by atoms with Gasteiger partial charge < -0.3 is 9.84 Å².